The van der Waals surface area contributed by atoms with E-state index in [4.69, 9.17) is 17.3 Å². The Balaban J connectivity index is 2.97. The van der Waals surface area contributed by atoms with Gasteiger partial charge in [-0.15, -0.1) is 6.58 Å². The summed E-state index contributed by atoms with van der Waals surface area (Å²) >= 11 is 5.65. The molecule has 0 radical (unpaired) electrons. The van der Waals surface area contributed by atoms with Gasteiger partial charge in [-0.2, -0.15) is 4.39 Å². The summed E-state index contributed by atoms with van der Waals surface area (Å²) in [7, 11) is 0. The van der Waals surface area contributed by atoms with Crippen LogP contribution >= 0.6 is 11.6 Å². The molecule has 0 bridgehead atoms. The van der Waals surface area contributed by atoms with E-state index in [9.17, 15) is 4.39 Å². The lowest BCUT2D eigenvalue weighted by molar-refractivity contribution is 0.545. The average molecular weight is 201 g/mol. The predicted octanol–water partition coefficient (Wildman–Crippen LogP) is 2.45. The summed E-state index contributed by atoms with van der Waals surface area (Å²) in [4.78, 5) is 3.47. The van der Waals surface area contributed by atoms with Gasteiger partial charge in [-0.25, -0.2) is 4.98 Å². The normalized spacial score (nSPS) is 12.5. The highest BCUT2D eigenvalue weighted by molar-refractivity contribution is 6.30. The Bertz CT molecular complexity index is 314. The molecular formula is C9H10ClFN2. The number of rotatable bonds is 3. The van der Waals surface area contributed by atoms with E-state index in [1.54, 1.807) is 6.08 Å². The van der Waals surface area contributed by atoms with Crippen LogP contribution in [0.15, 0.2) is 24.9 Å². The fourth-order valence-corrected chi connectivity index (χ4v) is 1.17. The second-order valence-electron chi connectivity index (χ2n) is 2.66. The maximum atomic E-state index is 13.1. The highest BCUT2D eigenvalue weighted by atomic mass is 35.5. The summed E-state index contributed by atoms with van der Waals surface area (Å²) in [6.07, 6.45) is 3.38. The zero-order valence-corrected chi connectivity index (χ0v) is 7.76. The molecule has 1 aromatic heterocycles. The summed E-state index contributed by atoms with van der Waals surface area (Å²) < 4.78 is 13.1. The standard InChI is InChI=1S/C9H10ClFN2/c1-2-3-8(12)7-4-6(10)5-13-9(7)11/h2,4-5,8H,1,3,12H2/t8-/m0/s1. The molecule has 0 aliphatic carbocycles. The van der Waals surface area contributed by atoms with Crippen LogP contribution in [0.2, 0.25) is 5.02 Å². The number of hydrogen-bond acceptors (Lipinski definition) is 2. The Morgan fingerprint density at radius 3 is 3.08 bits per heavy atom. The van der Waals surface area contributed by atoms with Crippen molar-refractivity contribution in [2.75, 3.05) is 0 Å². The summed E-state index contributed by atoms with van der Waals surface area (Å²) in [5.41, 5.74) is 5.99. The van der Waals surface area contributed by atoms with Gasteiger partial charge < -0.3 is 5.73 Å². The fourth-order valence-electron chi connectivity index (χ4n) is 1.00. The van der Waals surface area contributed by atoms with Crippen molar-refractivity contribution in [1.82, 2.24) is 4.98 Å². The molecule has 2 N–H and O–H groups in total. The first-order valence-electron chi connectivity index (χ1n) is 3.82. The van der Waals surface area contributed by atoms with Crippen molar-refractivity contribution in [1.29, 1.82) is 0 Å². The minimum Gasteiger partial charge on any atom is -0.324 e. The van der Waals surface area contributed by atoms with Gasteiger partial charge >= 0.3 is 0 Å². The Labute approximate surface area is 81.2 Å². The lowest BCUT2D eigenvalue weighted by Crippen LogP contribution is -2.11. The van der Waals surface area contributed by atoms with E-state index in [0.717, 1.165) is 0 Å². The van der Waals surface area contributed by atoms with Gasteiger partial charge in [0.25, 0.3) is 0 Å². The summed E-state index contributed by atoms with van der Waals surface area (Å²) in [6.45, 7) is 3.52. The lowest BCUT2D eigenvalue weighted by Gasteiger charge is -2.09. The molecular weight excluding hydrogens is 191 g/mol. The first kappa shape index (κ1) is 10.2. The molecule has 0 saturated carbocycles. The number of pyridine rings is 1. The molecule has 13 heavy (non-hydrogen) atoms. The van der Waals surface area contributed by atoms with E-state index in [2.05, 4.69) is 11.6 Å². The van der Waals surface area contributed by atoms with Gasteiger partial charge in [0.2, 0.25) is 5.95 Å². The molecule has 0 aliphatic heterocycles. The van der Waals surface area contributed by atoms with Crippen molar-refractivity contribution < 1.29 is 4.39 Å². The topological polar surface area (TPSA) is 38.9 Å². The van der Waals surface area contributed by atoms with E-state index < -0.39 is 12.0 Å². The van der Waals surface area contributed by atoms with Crippen LogP contribution in [-0.2, 0) is 0 Å². The zero-order chi connectivity index (χ0) is 9.84. The lowest BCUT2D eigenvalue weighted by atomic mass is 10.1. The Morgan fingerprint density at radius 2 is 2.46 bits per heavy atom. The first-order valence-corrected chi connectivity index (χ1v) is 4.20. The SMILES string of the molecule is C=CC[C@H](N)c1cc(Cl)cnc1F. The number of hydrogen-bond donors (Lipinski definition) is 1. The number of nitrogens with zero attached hydrogens (tertiary/aromatic N) is 1. The van der Waals surface area contributed by atoms with Crippen LogP contribution in [0, 0.1) is 5.95 Å². The van der Waals surface area contributed by atoms with Crippen molar-refractivity contribution in [2.24, 2.45) is 5.73 Å². The van der Waals surface area contributed by atoms with Crippen LogP contribution in [0.1, 0.15) is 18.0 Å². The largest absolute Gasteiger partial charge is 0.324 e. The molecule has 0 unspecified atom stereocenters. The van der Waals surface area contributed by atoms with E-state index in [1.807, 2.05) is 0 Å². The number of halogens is 2. The monoisotopic (exact) mass is 200 g/mol. The molecule has 1 aromatic rings. The highest BCUT2D eigenvalue weighted by Crippen LogP contribution is 2.20. The first-order chi connectivity index (χ1) is 6.15. The van der Waals surface area contributed by atoms with E-state index in [-0.39, 0.29) is 0 Å². The van der Waals surface area contributed by atoms with Gasteiger partial charge in [0.05, 0.1) is 5.02 Å². The molecule has 1 atom stereocenters. The third-order valence-electron chi connectivity index (χ3n) is 1.65. The summed E-state index contributed by atoms with van der Waals surface area (Å²) in [6, 6.07) is 1.06. The predicted molar refractivity (Wildman–Crippen MR) is 50.9 cm³/mol. The molecule has 1 heterocycles. The second-order valence-corrected chi connectivity index (χ2v) is 3.10. The smallest absolute Gasteiger partial charge is 0.217 e. The molecule has 0 spiro atoms. The maximum Gasteiger partial charge on any atom is 0.217 e. The minimum atomic E-state index is -0.571. The highest BCUT2D eigenvalue weighted by Gasteiger charge is 2.11. The summed E-state index contributed by atoms with van der Waals surface area (Å²) in [5, 5.41) is 0.385. The maximum absolute atomic E-state index is 13.1. The third kappa shape index (κ3) is 2.50. The van der Waals surface area contributed by atoms with Gasteiger partial charge in [-0.05, 0) is 12.5 Å². The van der Waals surface area contributed by atoms with Gasteiger partial charge in [-0.1, -0.05) is 17.7 Å². The number of aromatic nitrogens is 1. The molecule has 4 heteroatoms. The van der Waals surface area contributed by atoms with Crippen LogP contribution in [0.4, 0.5) is 4.39 Å². The Hall–Kier alpha value is -0.930. The van der Waals surface area contributed by atoms with Crippen molar-refractivity contribution in [3.05, 3.63) is 41.5 Å². The van der Waals surface area contributed by atoms with Crippen molar-refractivity contribution in [3.63, 3.8) is 0 Å². The van der Waals surface area contributed by atoms with Crippen molar-refractivity contribution in [2.45, 2.75) is 12.5 Å². The van der Waals surface area contributed by atoms with Gasteiger partial charge in [-0.3, -0.25) is 0 Å². The molecule has 0 aliphatic rings. The molecule has 0 aromatic carbocycles. The minimum absolute atomic E-state index is 0.326. The van der Waals surface area contributed by atoms with Gasteiger partial charge in [0.1, 0.15) is 0 Å². The zero-order valence-electron chi connectivity index (χ0n) is 7.00. The van der Waals surface area contributed by atoms with Crippen LogP contribution in [0.3, 0.4) is 0 Å². The van der Waals surface area contributed by atoms with Crippen LogP contribution in [0.25, 0.3) is 0 Å². The van der Waals surface area contributed by atoms with Crippen molar-refractivity contribution >= 4 is 11.6 Å². The van der Waals surface area contributed by atoms with Gasteiger partial charge in [0.15, 0.2) is 0 Å². The Morgan fingerprint density at radius 1 is 1.77 bits per heavy atom. The van der Waals surface area contributed by atoms with Gasteiger partial charge in [0, 0.05) is 17.8 Å². The third-order valence-corrected chi connectivity index (χ3v) is 1.86. The molecule has 1 rings (SSSR count). The fraction of sp³-hybridized carbons (Fsp3) is 0.222. The molecule has 70 valence electrons. The second kappa shape index (κ2) is 4.35. The van der Waals surface area contributed by atoms with E-state index >= 15 is 0 Å². The Kier molecular flexibility index (Phi) is 3.39. The van der Waals surface area contributed by atoms with Crippen LogP contribution < -0.4 is 5.73 Å². The van der Waals surface area contributed by atoms with Crippen LogP contribution in [0.5, 0.6) is 0 Å². The van der Waals surface area contributed by atoms with E-state index in [1.165, 1.54) is 12.3 Å². The van der Waals surface area contributed by atoms with Crippen LogP contribution in [-0.4, -0.2) is 4.98 Å². The molecule has 0 saturated heterocycles. The van der Waals surface area contributed by atoms with Crippen molar-refractivity contribution in [3.8, 4) is 0 Å². The molecule has 0 amide bonds. The number of nitrogens with two attached hydrogens (primary N) is 1. The quantitative estimate of drug-likeness (QED) is 0.601. The summed E-state index contributed by atoms with van der Waals surface area (Å²) in [5.74, 6) is -0.571. The van der Waals surface area contributed by atoms with E-state index in [0.29, 0.717) is 17.0 Å². The molecule has 0 fully saturated rings. The average Bonchev–Trinajstić information content (AvgIpc) is 2.09. The molecule has 2 nitrogen and oxygen atoms in total.